The number of amides is 1. The van der Waals surface area contributed by atoms with Gasteiger partial charge in [-0.05, 0) is 42.1 Å². The van der Waals surface area contributed by atoms with E-state index in [0.717, 1.165) is 27.8 Å². The van der Waals surface area contributed by atoms with Crippen molar-refractivity contribution in [1.82, 2.24) is 5.32 Å². The van der Waals surface area contributed by atoms with Gasteiger partial charge in [0.1, 0.15) is 12.4 Å². The highest BCUT2D eigenvalue weighted by Gasteiger charge is 2.17. The van der Waals surface area contributed by atoms with Crippen LogP contribution in [0.15, 0.2) is 71.6 Å². The monoisotopic (exact) mass is 399 g/mol. The van der Waals surface area contributed by atoms with E-state index in [1.54, 1.807) is 11.8 Å². The summed E-state index contributed by atoms with van der Waals surface area (Å²) in [5.74, 6) is 0.865. The first-order valence-electron chi connectivity index (χ1n) is 8.98. The molecule has 5 heteroatoms. The SMILES string of the molecule is CCC(Sc1ccc(Cl)cc1)C(=O)NCCOc1cccc2ccccc12. The minimum atomic E-state index is -0.135. The largest absolute Gasteiger partial charge is 0.491 e. The summed E-state index contributed by atoms with van der Waals surface area (Å²) in [5.41, 5.74) is 0. The molecule has 1 N–H and O–H groups in total. The minimum Gasteiger partial charge on any atom is -0.491 e. The molecular formula is C22H22ClNO2S. The molecule has 0 aliphatic heterocycles. The molecule has 3 rings (SSSR count). The summed E-state index contributed by atoms with van der Waals surface area (Å²) >= 11 is 7.46. The second-order valence-electron chi connectivity index (χ2n) is 6.09. The number of halogens is 1. The zero-order valence-electron chi connectivity index (χ0n) is 15.2. The van der Waals surface area contributed by atoms with Crippen LogP contribution in [-0.4, -0.2) is 24.3 Å². The van der Waals surface area contributed by atoms with Crippen molar-refractivity contribution < 1.29 is 9.53 Å². The molecule has 0 spiro atoms. The second-order valence-corrected chi connectivity index (χ2v) is 7.80. The van der Waals surface area contributed by atoms with Crippen LogP contribution in [0.3, 0.4) is 0 Å². The zero-order chi connectivity index (χ0) is 19.1. The van der Waals surface area contributed by atoms with Crippen LogP contribution in [0.4, 0.5) is 0 Å². The van der Waals surface area contributed by atoms with Crippen LogP contribution < -0.4 is 10.1 Å². The van der Waals surface area contributed by atoms with Crippen LogP contribution in [0.5, 0.6) is 5.75 Å². The van der Waals surface area contributed by atoms with Gasteiger partial charge in [-0.3, -0.25) is 4.79 Å². The van der Waals surface area contributed by atoms with Crippen molar-refractivity contribution in [2.24, 2.45) is 0 Å². The van der Waals surface area contributed by atoms with Gasteiger partial charge >= 0.3 is 0 Å². The molecule has 0 aliphatic rings. The van der Waals surface area contributed by atoms with Crippen molar-refractivity contribution in [3.05, 3.63) is 71.8 Å². The van der Waals surface area contributed by atoms with Crippen molar-refractivity contribution >= 4 is 40.0 Å². The first-order valence-corrected chi connectivity index (χ1v) is 10.2. The molecule has 3 aromatic rings. The highest BCUT2D eigenvalue weighted by molar-refractivity contribution is 8.00. The fourth-order valence-corrected chi connectivity index (χ4v) is 3.88. The van der Waals surface area contributed by atoms with Crippen molar-refractivity contribution in [1.29, 1.82) is 0 Å². The highest BCUT2D eigenvalue weighted by Crippen LogP contribution is 2.27. The predicted octanol–water partition coefficient (Wildman–Crippen LogP) is 5.56. The number of carbonyl (C=O) groups excluding carboxylic acids is 1. The summed E-state index contributed by atoms with van der Waals surface area (Å²) in [5, 5.41) is 5.76. The van der Waals surface area contributed by atoms with Gasteiger partial charge in [-0.25, -0.2) is 0 Å². The van der Waals surface area contributed by atoms with Crippen molar-refractivity contribution in [3.8, 4) is 5.75 Å². The molecule has 3 nitrogen and oxygen atoms in total. The summed E-state index contributed by atoms with van der Waals surface area (Å²) in [6.45, 7) is 2.92. The molecule has 0 aliphatic carbocycles. The van der Waals surface area contributed by atoms with E-state index in [2.05, 4.69) is 17.4 Å². The van der Waals surface area contributed by atoms with E-state index >= 15 is 0 Å². The van der Waals surface area contributed by atoms with E-state index in [4.69, 9.17) is 16.3 Å². The van der Waals surface area contributed by atoms with Crippen LogP contribution in [0.25, 0.3) is 10.8 Å². The van der Waals surface area contributed by atoms with Crippen LogP contribution in [0.1, 0.15) is 13.3 Å². The van der Waals surface area contributed by atoms with Gasteiger partial charge in [0.2, 0.25) is 5.91 Å². The maximum absolute atomic E-state index is 12.5. The third-order valence-corrected chi connectivity index (χ3v) is 5.79. The first-order chi connectivity index (χ1) is 13.2. The molecule has 140 valence electrons. The van der Waals surface area contributed by atoms with Crippen molar-refractivity contribution in [2.45, 2.75) is 23.5 Å². The fraction of sp³-hybridized carbons (Fsp3) is 0.227. The third-order valence-electron chi connectivity index (χ3n) is 4.16. The quantitative estimate of drug-likeness (QED) is 0.398. The Kier molecular flexibility index (Phi) is 7.02. The first kappa shape index (κ1) is 19.6. The number of thioether (sulfide) groups is 1. The summed E-state index contributed by atoms with van der Waals surface area (Å²) in [6, 6.07) is 21.7. The Morgan fingerprint density at radius 2 is 1.81 bits per heavy atom. The number of carbonyl (C=O) groups is 1. The molecule has 3 aromatic carbocycles. The minimum absolute atomic E-state index is 0.0268. The molecule has 0 heterocycles. The van der Waals surface area contributed by atoms with Crippen molar-refractivity contribution in [3.63, 3.8) is 0 Å². The molecular weight excluding hydrogens is 378 g/mol. The molecule has 0 aromatic heterocycles. The number of hydrogen-bond donors (Lipinski definition) is 1. The van der Waals surface area contributed by atoms with Crippen LogP contribution in [-0.2, 0) is 4.79 Å². The molecule has 0 radical (unpaired) electrons. The Labute approximate surface area is 169 Å². The second kappa shape index (κ2) is 9.67. The lowest BCUT2D eigenvalue weighted by molar-refractivity contribution is -0.120. The maximum atomic E-state index is 12.5. The standard InChI is InChI=1S/C22H22ClNO2S/c1-2-21(27-18-12-10-17(23)11-13-18)22(25)24-14-15-26-20-9-5-7-16-6-3-4-8-19(16)20/h3-13,21H,2,14-15H2,1H3,(H,24,25). The Hall–Kier alpha value is -2.17. The van der Waals surface area contributed by atoms with Gasteiger partial charge in [0.05, 0.1) is 11.8 Å². The topological polar surface area (TPSA) is 38.3 Å². The summed E-state index contributed by atoms with van der Waals surface area (Å²) in [6.07, 6.45) is 0.753. The van der Waals surface area contributed by atoms with Gasteiger partial charge < -0.3 is 10.1 Å². The fourth-order valence-electron chi connectivity index (χ4n) is 2.77. The van der Waals surface area contributed by atoms with Gasteiger partial charge in [0, 0.05) is 15.3 Å². The number of fused-ring (bicyclic) bond motifs is 1. The Morgan fingerprint density at radius 3 is 2.59 bits per heavy atom. The van der Waals surface area contributed by atoms with E-state index in [1.807, 2.05) is 61.5 Å². The average molecular weight is 400 g/mol. The highest BCUT2D eigenvalue weighted by atomic mass is 35.5. The third kappa shape index (κ3) is 5.41. The maximum Gasteiger partial charge on any atom is 0.233 e. The molecule has 1 atom stereocenters. The molecule has 0 bridgehead atoms. The lowest BCUT2D eigenvalue weighted by Crippen LogP contribution is -2.35. The van der Waals surface area contributed by atoms with Gasteiger partial charge in [-0.15, -0.1) is 11.8 Å². The number of benzene rings is 3. The number of rotatable bonds is 8. The van der Waals surface area contributed by atoms with Crippen LogP contribution in [0, 0.1) is 0 Å². The Balaban J connectivity index is 1.50. The number of ether oxygens (including phenoxy) is 1. The van der Waals surface area contributed by atoms with Gasteiger partial charge in [-0.1, -0.05) is 54.9 Å². The van der Waals surface area contributed by atoms with E-state index in [9.17, 15) is 4.79 Å². The van der Waals surface area contributed by atoms with Crippen LogP contribution in [0.2, 0.25) is 5.02 Å². The summed E-state index contributed by atoms with van der Waals surface area (Å²) < 4.78 is 5.88. The summed E-state index contributed by atoms with van der Waals surface area (Å²) in [7, 11) is 0. The Bertz CT molecular complexity index is 893. The Morgan fingerprint density at radius 1 is 1.07 bits per heavy atom. The van der Waals surface area contributed by atoms with Gasteiger partial charge in [0.25, 0.3) is 0 Å². The lowest BCUT2D eigenvalue weighted by Gasteiger charge is -2.15. The molecule has 0 saturated heterocycles. The smallest absolute Gasteiger partial charge is 0.233 e. The predicted molar refractivity (Wildman–Crippen MR) is 114 cm³/mol. The van der Waals surface area contributed by atoms with Crippen LogP contribution >= 0.6 is 23.4 Å². The van der Waals surface area contributed by atoms with E-state index in [-0.39, 0.29) is 11.2 Å². The molecule has 27 heavy (non-hydrogen) atoms. The number of hydrogen-bond acceptors (Lipinski definition) is 3. The molecule has 0 fully saturated rings. The molecule has 1 amide bonds. The van der Waals surface area contributed by atoms with E-state index < -0.39 is 0 Å². The average Bonchev–Trinajstić information content (AvgIpc) is 2.70. The van der Waals surface area contributed by atoms with E-state index in [0.29, 0.717) is 18.2 Å². The zero-order valence-corrected chi connectivity index (χ0v) is 16.7. The van der Waals surface area contributed by atoms with Crippen molar-refractivity contribution in [2.75, 3.05) is 13.2 Å². The van der Waals surface area contributed by atoms with Gasteiger partial charge in [-0.2, -0.15) is 0 Å². The molecule has 1 unspecified atom stereocenters. The number of nitrogens with one attached hydrogen (secondary N) is 1. The lowest BCUT2D eigenvalue weighted by atomic mass is 10.1. The van der Waals surface area contributed by atoms with Gasteiger partial charge in [0.15, 0.2) is 0 Å². The molecule has 0 saturated carbocycles. The van der Waals surface area contributed by atoms with E-state index in [1.165, 1.54) is 0 Å². The summed E-state index contributed by atoms with van der Waals surface area (Å²) in [4.78, 5) is 13.5. The normalized spacial score (nSPS) is 11.9.